The standard InChI is InChI=1S/C24H39N11O5/c1-3-13(2)19(25)22(38)34-17(7-14-9-28-11-31-14)21(37)33-16(5-4-6-30-24(26)27)20(36)35-18(23(39)40)8-15-10-29-12-32-15/h9-13,16-19H,3-8,25H2,1-2H3,(H,28,31)(H,29,32)(H,33,37)(H,34,38)(H,35,36)(H,39,40)(H4,26,27,30). The summed E-state index contributed by atoms with van der Waals surface area (Å²) in [7, 11) is 0. The Bertz CT molecular complexity index is 1120. The van der Waals surface area contributed by atoms with E-state index in [1.54, 1.807) is 0 Å². The van der Waals surface area contributed by atoms with Crippen LogP contribution in [0.15, 0.2) is 30.0 Å². The molecule has 2 heterocycles. The van der Waals surface area contributed by atoms with Crippen molar-refractivity contribution in [2.24, 2.45) is 28.1 Å². The number of rotatable bonds is 17. The minimum atomic E-state index is -1.29. The molecule has 0 aliphatic carbocycles. The molecule has 0 aliphatic heterocycles. The number of nitrogens with zero attached hydrogens (tertiary/aromatic N) is 3. The highest BCUT2D eigenvalue weighted by Crippen LogP contribution is 2.08. The zero-order valence-corrected chi connectivity index (χ0v) is 22.6. The number of hydrogen-bond donors (Lipinski definition) is 9. The molecule has 0 radical (unpaired) electrons. The van der Waals surface area contributed by atoms with Crippen molar-refractivity contribution in [2.75, 3.05) is 6.54 Å². The molecule has 0 saturated heterocycles. The summed E-state index contributed by atoms with van der Waals surface area (Å²) in [6, 6.07) is -4.40. The number of imidazole rings is 2. The van der Waals surface area contributed by atoms with Gasteiger partial charge in [-0.2, -0.15) is 0 Å². The van der Waals surface area contributed by atoms with Gasteiger partial charge in [-0.25, -0.2) is 14.8 Å². The molecule has 5 unspecified atom stereocenters. The molecule has 16 heteroatoms. The monoisotopic (exact) mass is 561 g/mol. The smallest absolute Gasteiger partial charge is 0.326 e. The van der Waals surface area contributed by atoms with E-state index in [2.05, 4.69) is 40.9 Å². The summed E-state index contributed by atoms with van der Waals surface area (Å²) in [6.07, 6.45) is 6.82. The molecule has 12 N–H and O–H groups in total. The molecule has 2 aromatic heterocycles. The van der Waals surface area contributed by atoms with Gasteiger partial charge in [0.1, 0.15) is 18.1 Å². The third-order valence-corrected chi connectivity index (χ3v) is 6.34. The first-order chi connectivity index (χ1) is 19.0. The summed E-state index contributed by atoms with van der Waals surface area (Å²) < 4.78 is 0. The Morgan fingerprint density at radius 2 is 1.45 bits per heavy atom. The Hall–Kier alpha value is -4.47. The SMILES string of the molecule is CCC(C)C(N)C(=O)NC(Cc1cnc[nH]1)C(=O)NC(CCCN=C(N)N)C(=O)NC(Cc1cnc[nH]1)C(=O)O. The summed E-state index contributed by atoms with van der Waals surface area (Å²) >= 11 is 0. The zero-order valence-electron chi connectivity index (χ0n) is 22.6. The molecule has 0 spiro atoms. The van der Waals surface area contributed by atoms with E-state index in [0.717, 1.165) is 0 Å². The number of nitrogens with two attached hydrogens (primary N) is 3. The molecule has 40 heavy (non-hydrogen) atoms. The second-order valence-electron chi connectivity index (χ2n) is 9.44. The van der Waals surface area contributed by atoms with Gasteiger partial charge in [-0.1, -0.05) is 20.3 Å². The molecule has 0 fully saturated rings. The van der Waals surface area contributed by atoms with E-state index >= 15 is 0 Å². The number of amides is 3. The first-order valence-corrected chi connectivity index (χ1v) is 12.9. The van der Waals surface area contributed by atoms with Crippen molar-refractivity contribution < 1.29 is 24.3 Å². The number of aromatic nitrogens is 4. The highest BCUT2D eigenvalue weighted by molar-refractivity contribution is 5.94. The highest BCUT2D eigenvalue weighted by atomic mass is 16.4. The van der Waals surface area contributed by atoms with Crippen molar-refractivity contribution in [1.82, 2.24) is 35.9 Å². The number of carbonyl (C=O) groups excluding carboxylic acids is 3. The number of carboxylic acids is 1. The van der Waals surface area contributed by atoms with Gasteiger partial charge in [0.25, 0.3) is 0 Å². The van der Waals surface area contributed by atoms with Crippen LogP contribution in [-0.4, -0.2) is 85.4 Å². The zero-order chi connectivity index (χ0) is 29.7. The highest BCUT2D eigenvalue weighted by Gasteiger charge is 2.31. The molecule has 220 valence electrons. The number of aliphatic imine (C=N–C) groups is 1. The molecule has 3 amide bonds. The number of nitrogens with one attached hydrogen (secondary N) is 5. The molecule has 0 aromatic carbocycles. The van der Waals surface area contributed by atoms with E-state index in [9.17, 15) is 24.3 Å². The molecule has 2 aromatic rings. The average molecular weight is 562 g/mol. The molecule has 5 atom stereocenters. The summed E-state index contributed by atoms with van der Waals surface area (Å²) in [5.41, 5.74) is 17.9. The van der Waals surface area contributed by atoms with E-state index in [1.165, 1.54) is 25.0 Å². The second kappa shape index (κ2) is 15.8. The predicted molar refractivity (Wildman–Crippen MR) is 145 cm³/mol. The lowest BCUT2D eigenvalue weighted by Gasteiger charge is -2.26. The largest absolute Gasteiger partial charge is 0.480 e. The quantitative estimate of drug-likeness (QED) is 0.0575. The molecule has 0 saturated carbocycles. The number of H-pyrrole nitrogens is 2. The maximum Gasteiger partial charge on any atom is 0.326 e. The van der Waals surface area contributed by atoms with Gasteiger partial charge in [0.15, 0.2) is 5.96 Å². The fourth-order valence-electron chi connectivity index (χ4n) is 3.74. The van der Waals surface area contributed by atoms with Crippen molar-refractivity contribution >= 4 is 29.7 Å². The van der Waals surface area contributed by atoms with Crippen LogP contribution in [0, 0.1) is 5.92 Å². The minimum Gasteiger partial charge on any atom is -0.480 e. The number of guanidine groups is 1. The van der Waals surface area contributed by atoms with E-state index in [0.29, 0.717) is 24.2 Å². The van der Waals surface area contributed by atoms with Gasteiger partial charge in [0, 0.05) is 43.2 Å². The first-order valence-electron chi connectivity index (χ1n) is 12.9. The van der Waals surface area contributed by atoms with Crippen molar-refractivity contribution in [2.45, 2.75) is 70.1 Å². The van der Waals surface area contributed by atoms with Crippen LogP contribution in [0.2, 0.25) is 0 Å². The van der Waals surface area contributed by atoms with Gasteiger partial charge in [-0.05, 0) is 18.8 Å². The van der Waals surface area contributed by atoms with Crippen LogP contribution in [0.4, 0.5) is 0 Å². The fraction of sp³-hybridized carbons (Fsp3) is 0.542. The van der Waals surface area contributed by atoms with Crippen LogP contribution in [0.25, 0.3) is 0 Å². The van der Waals surface area contributed by atoms with Crippen LogP contribution >= 0.6 is 0 Å². The Balaban J connectivity index is 2.22. The number of aromatic amines is 2. The topological polar surface area (TPSA) is 272 Å². The van der Waals surface area contributed by atoms with Crippen LogP contribution in [0.1, 0.15) is 44.5 Å². The predicted octanol–water partition coefficient (Wildman–Crippen LogP) is -2.12. The van der Waals surface area contributed by atoms with Crippen molar-refractivity contribution in [3.05, 3.63) is 36.4 Å². The summed E-state index contributed by atoms with van der Waals surface area (Å²) in [5, 5.41) is 17.4. The lowest BCUT2D eigenvalue weighted by Crippen LogP contribution is -2.58. The third-order valence-electron chi connectivity index (χ3n) is 6.34. The Kier molecular flexibility index (Phi) is 12.6. The normalized spacial score (nSPS) is 14.7. The van der Waals surface area contributed by atoms with E-state index in [1.807, 2.05) is 13.8 Å². The molecular formula is C24H39N11O5. The van der Waals surface area contributed by atoms with E-state index < -0.39 is 47.9 Å². The van der Waals surface area contributed by atoms with Crippen LogP contribution < -0.4 is 33.2 Å². The third kappa shape index (κ3) is 10.4. The van der Waals surface area contributed by atoms with Gasteiger partial charge in [0.2, 0.25) is 17.7 Å². The number of carbonyl (C=O) groups is 4. The van der Waals surface area contributed by atoms with Crippen molar-refractivity contribution in [1.29, 1.82) is 0 Å². The van der Waals surface area contributed by atoms with Crippen molar-refractivity contribution in [3.63, 3.8) is 0 Å². The maximum atomic E-state index is 13.4. The number of carboxylic acid groups (broad SMARTS) is 1. The lowest BCUT2D eigenvalue weighted by molar-refractivity contribution is -0.142. The van der Waals surface area contributed by atoms with Gasteiger partial charge in [-0.3, -0.25) is 19.4 Å². The minimum absolute atomic E-state index is 0.0463. The Morgan fingerprint density at radius 1 is 0.925 bits per heavy atom. The average Bonchev–Trinajstić information content (AvgIpc) is 3.62. The first kappa shape index (κ1) is 31.7. The van der Waals surface area contributed by atoms with Crippen LogP contribution in [0.3, 0.4) is 0 Å². The molecule has 16 nitrogen and oxygen atoms in total. The molecule has 2 rings (SSSR count). The fourth-order valence-corrected chi connectivity index (χ4v) is 3.74. The molecule has 0 bridgehead atoms. The number of aliphatic carboxylic acids is 1. The lowest BCUT2D eigenvalue weighted by atomic mass is 9.98. The van der Waals surface area contributed by atoms with Crippen LogP contribution in [0.5, 0.6) is 0 Å². The van der Waals surface area contributed by atoms with E-state index in [-0.39, 0.29) is 37.7 Å². The van der Waals surface area contributed by atoms with Gasteiger partial charge in [-0.15, -0.1) is 0 Å². The number of hydrogen-bond acceptors (Lipinski definition) is 8. The molecular weight excluding hydrogens is 522 g/mol. The van der Waals surface area contributed by atoms with Gasteiger partial charge in [0.05, 0.1) is 18.7 Å². The molecule has 0 aliphatic rings. The second-order valence-corrected chi connectivity index (χ2v) is 9.44. The van der Waals surface area contributed by atoms with Gasteiger partial charge < -0.3 is 48.2 Å². The Morgan fingerprint density at radius 3 is 1.95 bits per heavy atom. The summed E-state index contributed by atoms with van der Waals surface area (Å²) in [5.74, 6) is -3.44. The summed E-state index contributed by atoms with van der Waals surface area (Å²) in [6.45, 7) is 3.90. The Labute approximate surface area is 231 Å². The van der Waals surface area contributed by atoms with E-state index in [4.69, 9.17) is 17.2 Å². The van der Waals surface area contributed by atoms with Crippen molar-refractivity contribution in [3.8, 4) is 0 Å². The maximum absolute atomic E-state index is 13.4. The summed E-state index contributed by atoms with van der Waals surface area (Å²) in [4.78, 5) is 68.7. The van der Waals surface area contributed by atoms with Crippen LogP contribution in [-0.2, 0) is 32.0 Å². The van der Waals surface area contributed by atoms with Gasteiger partial charge >= 0.3 is 5.97 Å².